The molecule has 18 heteroatoms. The molecule has 0 atom stereocenters. The number of halogens is 5. The van der Waals surface area contributed by atoms with Crippen LogP contribution in [0.5, 0.6) is 11.8 Å². The Morgan fingerprint density at radius 3 is 1.61 bits per heavy atom. The highest BCUT2D eigenvalue weighted by atomic mass is 19.4. The molecule has 56 heavy (non-hydrogen) atoms. The van der Waals surface area contributed by atoms with E-state index in [0.717, 1.165) is 56.2 Å². The molecule has 0 spiro atoms. The van der Waals surface area contributed by atoms with Gasteiger partial charge in [-0.15, -0.1) is 0 Å². The first-order chi connectivity index (χ1) is 26.4. The zero-order chi connectivity index (χ0) is 41.2. The average molecular weight is 796 g/mol. The number of aliphatic carboxylic acids is 1. The number of rotatable bonds is 12. The quantitative estimate of drug-likeness (QED) is 0.200. The van der Waals surface area contributed by atoms with Gasteiger partial charge in [0.1, 0.15) is 18.8 Å². The summed E-state index contributed by atoms with van der Waals surface area (Å²) >= 11 is 0. The van der Waals surface area contributed by atoms with E-state index in [0.29, 0.717) is 65.3 Å². The van der Waals surface area contributed by atoms with Crippen molar-refractivity contribution >= 4 is 23.8 Å². The second-order valence-corrected chi connectivity index (χ2v) is 14.5. The minimum atomic E-state index is -5.08. The van der Waals surface area contributed by atoms with Crippen molar-refractivity contribution in [1.29, 1.82) is 0 Å². The number of fused-ring (bicyclic) bond motifs is 2. The number of alkyl halides is 3. The van der Waals surface area contributed by atoms with E-state index >= 15 is 0 Å². The number of aromatic nitrogens is 2. The van der Waals surface area contributed by atoms with Gasteiger partial charge in [0.15, 0.2) is 0 Å². The van der Waals surface area contributed by atoms with E-state index in [1.165, 1.54) is 0 Å². The highest BCUT2D eigenvalue weighted by Crippen LogP contribution is 2.33. The molecule has 2 saturated carbocycles. The summed E-state index contributed by atoms with van der Waals surface area (Å²) in [5, 5.41) is 7.12. The Morgan fingerprint density at radius 2 is 1.25 bits per heavy atom. The molecule has 2 aromatic heterocycles. The largest absolute Gasteiger partial charge is 0.490 e. The van der Waals surface area contributed by atoms with Gasteiger partial charge in [-0.2, -0.15) is 13.2 Å². The Morgan fingerprint density at radius 1 is 0.821 bits per heavy atom. The first-order valence-electron chi connectivity index (χ1n) is 18.1. The average Bonchev–Trinajstić information content (AvgIpc) is 4.07. The Bertz CT molecular complexity index is 1810. The number of nitrogens with zero attached hydrogens (tertiary/aromatic N) is 4. The van der Waals surface area contributed by atoms with Crippen molar-refractivity contribution in [3.63, 3.8) is 0 Å². The van der Waals surface area contributed by atoms with Crippen LogP contribution in [0, 0.1) is 0 Å². The highest BCUT2D eigenvalue weighted by molar-refractivity contribution is 5.97. The number of ether oxygens (including phenoxy) is 3. The molecule has 4 aliphatic rings. The number of nitrogens with two attached hydrogens (primary N) is 1. The molecule has 2 amide bonds. The van der Waals surface area contributed by atoms with Gasteiger partial charge < -0.3 is 34.9 Å². The molecule has 0 bridgehead atoms. The SMILES string of the molecule is CC(C)(C)OC(=O)CC/C(=C/F)COc1cc2c(cn1)C(=O)N(C1CC1)CC2.NC/C(=C/F)COc1cc2c(cn1)C(=O)N(C1CC1)CC2.O=C(O)C(F)(F)F. The molecule has 2 fully saturated rings. The Labute approximate surface area is 320 Å². The van der Waals surface area contributed by atoms with Crippen molar-refractivity contribution in [2.45, 2.75) is 96.0 Å². The van der Waals surface area contributed by atoms with Crippen molar-refractivity contribution < 1.29 is 60.4 Å². The van der Waals surface area contributed by atoms with Crippen LogP contribution in [-0.2, 0) is 27.2 Å². The summed E-state index contributed by atoms with van der Waals surface area (Å²) < 4.78 is 73.5. The lowest BCUT2D eigenvalue weighted by atomic mass is 10.0. The number of hydrogen-bond donors (Lipinski definition) is 2. The fraction of sp³-hybridized carbons (Fsp3) is 0.526. The maximum absolute atomic E-state index is 13.1. The first-order valence-corrected chi connectivity index (χ1v) is 18.1. The Kier molecular flexibility index (Phi) is 14.9. The number of amides is 2. The van der Waals surface area contributed by atoms with E-state index in [-0.39, 0.29) is 50.4 Å². The summed E-state index contributed by atoms with van der Waals surface area (Å²) in [5.74, 6) is -2.30. The van der Waals surface area contributed by atoms with Gasteiger partial charge in [-0.1, -0.05) is 0 Å². The number of hydrogen-bond acceptors (Lipinski definition) is 10. The number of carbonyl (C=O) groups is 4. The van der Waals surface area contributed by atoms with E-state index in [1.807, 2.05) is 9.80 Å². The van der Waals surface area contributed by atoms with Crippen LogP contribution in [0.3, 0.4) is 0 Å². The summed E-state index contributed by atoms with van der Waals surface area (Å²) in [6.07, 6.45) is 5.17. The van der Waals surface area contributed by atoms with Gasteiger partial charge in [0, 0.05) is 68.2 Å². The minimum Gasteiger partial charge on any atom is -0.475 e. The molecule has 2 aliphatic heterocycles. The molecule has 0 saturated heterocycles. The second kappa shape index (κ2) is 19.1. The van der Waals surface area contributed by atoms with Crippen LogP contribution in [0.25, 0.3) is 0 Å². The minimum absolute atomic E-state index is 0.00672. The van der Waals surface area contributed by atoms with Gasteiger partial charge in [-0.3, -0.25) is 14.4 Å². The molecule has 2 aliphatic carbocycles. The predicted octanol–water partition coefficient (Wildman–Crippen LogP) is 5.66. The molecule has 6 rings (SSSR count). The normalized spacial score (nSPS) is 17.1. The molecule has 2 aromatic rings. The Hall–Kier alpha value is -5.13. The van der Waals surface area contributed by atoms with E-state index in [4.69, 9.17) is 29.8 Å². The van der Waals surface area contributed by atoms with E-state index < -0.39 is 17.7 Å². The third-order valence-corrected chi connectivity index (χ3v) is 8.83. The maximum Gasteiger partial charge on any atom is 0.490 e. The van der Waals surface area contributed by atoms with Crippen molar-refractivity contribution in [2.24, 2.45) is 5.73 Å². The van der Waals surface area contributed by atoms with Gasteiger partial charge in [0.05, 0.1) is 23.8 Å². The van der Waals surface area contributed by atoms with Crippen molar-refractivity contribution in [1.82, 2.24) is 19.8 Å². The van der Waals surface area contributed by atoms with Crippen molar-refractivity contribution in [2.75, 3.05) is 32.8 Å². The number of carbonyl (C=O) groups excluding carboxylic acids is 3. The summed E-state index contributed by atoms with van der Waals surface area (Å²) in [6.45, 7) is 7.00. The lowest BCUT2D eigenvalue weighted by Crippen LogP contribution is -2.39. The number of carboxylic acid groups (broad SMARTS) is 1. The first kappa shape index (κ1) is 43.6. The maximum atomic E-state index is 13.1. The molecule has 306 valence electrons. The second-order valence-electron chi connectivity index (χ2n) is 14.5. The zero-order valence-corrected chi connectivity index (χ0v) is 31.4. The fourth-order valence-electron chi connectivity index (χ4n) is 5.65. The molecule has 13 nitrogen and oxygen atoms in total. The van der Waals surface area contributed by atoms with E-state index in [9.17, 15) is 36.3 Å². The summed E-state index contributed by atoms with van der Waals surface area (Å²) in [7, 11) is 0. The van der Waals surface area contributed by atoms with Gasteiger partial charge in [-0.05, 0) is 82.4 Å². The summed E-state index contributed by atoms with van der Waals surface area (Å²) in [6, 6.07) is 4.33. The van der Waals surface area contributed by atoms with Crippen LogP contribution in [0.2, 0.25) is 0 Å². The standard InChI is InChI=1S/C21H27FN2O4.C15H18FN3O2.C2HF3O2/c1-21(2,3)28-19(25)7-4-14(11-22)13-27-18-10-15-8-9-24(16-5-6-16)20(26)17(15)12-23-18;16-6-10(7-17)9-21-14-5-11-3-4-19(12-1-2-12)15(20)13(11)8-18-14;3-2(4,5)1(6)7/h10-12,16H,4-9,13H2,1-3H3;5-6,8,12H,1-4,7,9,17H2;(H,6,7)/b14-11-;10-6-;. The van der Waals surface area contributed by atoms with E-state index in [1.54, 1.807) is 45.3 Å². The van der Waals surface area contributed by atoms with Gasteiger partial charge >= 0.3 is 18.1 Å². The smallest absolute Gasteiger partial charge is 0.475 e. The Balaban J connectivity index is 0.000000218. The van der Waals surface area contributed by atoms with Crippen LogP contribution in [0.1, 0.15) is 91.1 Å². The van der Waals surface area contributed by atoms with Gasteiger partial charge in [0.2, 0.25) is 11.8 Å². The number of pyridine rings is 2. The van der Waals surface area contributed by atoms with Crippen LogP contribution in [-0.4, -0.2) is 105 Å². The third-order valence-electron chi connectivity index (χ3n) is 8.83. The van der Waals surface area contributed by atoms with Gasteiger partial charge in [0.25, 0.3) is 11.8 Å². The van der Waals surface area contributed by atoms with E-state index in [2.05, 4.69) is 9.97 Å². The van der Waals surface area contributed by atoms with Crippen molar-refractivity contribution in [3.8, 4) is 11.8 Å². The zero-order valence-electron chi connectivity index (χ0n) is 31.4. The van der Waals surface area contributed by atoms with Crippen molar-refractivity contribution in [3.05, 3.63) is 70.6 Å². The lowest BCUT2D eigenvalue weighted by molar-refractivity contribution is -0.192. The molecule has 0 unspecified atom stereocenters. The molecule has 0 radical (unpaired) electrons. The van der Waals surface area contributed by atoms with Crippen LogP contribution < -0.4 is 15.2 Å². The van der Waals surface area contributed by atoms with Gasteiger partial charge in [-0.25, -0.2) is 23.5 Å². The monoisotopic (exact) mass is 795 g/mol. The highest BCUT2D eigenvalue weighted by Gasteiger charge is 2.39. The topological polar surface area (TPSA) is 174 Å². The summed E-state index contributed by atoms with van der Waals surface area (Å²) in [5.41, 5.74) is 8.65. The molecular weight excluding hydrogens is 749 g/mol. The predicted molar refractivity (Wildman–Crippen MR) is 191 cm³/mol. The lowest BCUT2D eigenvalue weighted by Gasteiger charge is -2.28. The van der Waals surface area contributed by atoms with Crippen LogP contribution >= 0.6 is 0 Å². The van der Waals surface area contributed by atoms with Crippen LogP contribution in [0.15, 0.2) is 48.3 Å². The molecule has 0 aromatic carbocycles. The fourth-order valence-corrected chi connectivity index (χ4v) is 5.65. The molecular formula is C38H46F5N5O8. The molecule has 4 heterocycles. The van der Waals surface area contributed by atoms with Crippen LogP contribution in [0.4, 0.5) is 22.0 Å². The third kappa shape index (κ3) is 13.0. The number of esters is 1. The summed E-state index contributed by atoms with van der Waals surface area (Å²) in [4.78, 5) is 57.7. The number of carboxylic acids is 1. The molecule has 3 N–H and O–H groups in total.